The van der Waals surface area contributed by atoms with E-state index in [9.17, 15) is 9.90 Å². The molecule has 3 aromatic rings. The third-order valence-corrected chi connectivity index (χ3v) is 8.25. The molecule has 0 aliphatic carbocycles. The molecule has 0 spiro atoms. The summed E-state index contributed by atoms with van der Waals surface area (Å²) >= 11 is 7.32. The molecule has 1 atom stereocenters. The van der Waals surface area contributed by atoms with Gasteiger partial charge in [-0.3, -0.25) is 9.79 Å². The second kappa shape index (κ2) is 10.8. The second-order valence-corrected chi connectivity index (χ2v) is 11.6. The van der Waals surface area contributed by atoms with Gasteiger partial charge in [-0.1, -0.05) is 11.8 Å². The van der Waals surface area contributed by atoms with Gasteiger partial charge in [0.05, 0.1) is 31.3 Å². The van der Waals surface area contributed by atoms with Crippen LogP contribution in [0.2, 0.25) is 0 Å². The van der Waals surface area contributed by atoms with Crippen LogP contribution in [0.4, 0.5) is 5.69 Å². The number of amides is 1. The minimum Gasteiger partial charge on any atom is -0.506 e. The molecule has 10 heteroatoms. The quantitative estimate of drug-likeness (QED) is 0.200. The van der Waals surface area contributed by atoms with Crippen molar-refractivity contribution in [2.24, 2.45) is 4.99 Å². The molecule has 1 amide bonds. The highest BCUT2D eigenvalue weighted by molar-refractivity contribution is 14.1. The Balaban J connectivity index is 1.38. The normalized spacial score (nSPS) is 16.4. The van der Waals surface area contributed by atoms with Crippen molar-refractivity contribution in [3.63, 3.8) is 0 Å². The minimum atomic E-state index is -0.00280. The van der Waals surface area contributed by atoms with E-state index in [2.05, 4.69) is 60.5 Å². The van der Waals surface area contributed by atoms with Crippen LogP contribution in [0.3, 0.4) is 0 Å². The lowest BCUT2D eigenvalue weighted by atomic mass is 10.2. The molecule has 2 N–H and O–H groups in total. The summed E-state index contributed by atoms with van der Waals surface area (Å²) < 4.78 is 9.23. The third kappa shape index (κ3) is 6.30. The number of benzene rings is 2. The third-order valence-electron chi connectivity index (χ3n) is 4.64. The first-order valence-corrected chi connectivity index (χ1v) is 13.6. The van der Waals surface area contributed by atoms with Gasteiger partial charge in [0.15, 0.2) is 4.34 Å². The maximum Gasteiger partial charge on any atom is 0.230 e. The average Bonchev–Trinajstić information content (AvgIpc) is 3.41. The summed E-state index contributed by atoms with van der Waals surface area (Å²) in [6.45, 7) is 1.37. The number of hydrogen-bond donors (Lipinski definition) is 2. The summed E-state index contributed by atoms with van der Waals surface area (Å²) in [5.41, 5.74) is 2.36. The molecule has 1 fully saturated rings. The second-order valence-electron chi connectivity index (χ2n) is 6.94. The van der Waals surface area contributed by atoms with Gasteiger partial charge in [0, 0.05) is 28.5 Å². The van der Waals surface area contributed by atoms with E-state index in [0.717, 1.165) is 46.8 Å². The molecule has 2 aromatic carbocycles. The lowest BCUT2D eigenvalue weighted by Crippen LogP contribution is -2.32. The van der Waals surface area contributed by atoms with Crippen molar-refractivity contribution in [3.05, 3.63) is 43.0 Å². The van der Waals surface area contributed by atoms with E-state index in [-0.39, 0.29) is 17.8 Å². The summed E-state index contributed by atoms with van der Waals surface area (Å²) in [6.07, 6.45) is 3.91. The van der Waals surface area contributed by atoms with Crippen LogP contribution >= 0.6 is 68.3 Å². The number of aromatic nitrogens is 1. The van der Waals surface area contributed by atoms with E-state index in [1.807, 2.05) is 30.3 Å². The standard InChI is InChI=1S/C21H19I2N3O3S2/c22-13-6-12(20(28)16(23)7-13)9-24-14-3-4-17-18(8-14)31-21(26-17)30-11-19(27)25-10-15-2-1-5-29-15/h3-4,6-9,15,28H,1-2,5,10-11H2,(H,25,27)/t15-/m1/s1. The molecular formula is C21H19I2N3O3S2. The van der Waals surface area contributed by atoms with Gasteiger partial charge in [-0.2, -0.15) is 0 Å². The highest BCUT2D eigenvalue weighted by atomic mass is 127. The molecule has 1 aromatic heterocycles. The zero-order valence-electron chi connectivity index (χ0n) is 16.3. The number of thiazole rings is 1. The molecule has 6 nitrogen and oxygen atoms in total. The summed E-state index contributed by atoms with van der Waals surface area (Å²) in [4.78, 5) is 21.2. The van der Waals surface area contributed by atoms with E-state index in [1.165, 1.54) is 11.8 Å². The number of aliphatic imine (C=N–C) groups is 1. The lowest BCUT2D eigenvalue weighted by Gasteiger charge is -2.09. The van der Waals surface area contributed by atoms with Gasteiger partial charge in [-0.25, -0.2) is 4.98 Å². The van der Waals surface area contributed by atoms with Crippen LogP contribution < -0.4 is 5.32 Å². The van der Waals surface area contributed by atoms with Crippen molar-refractivity contribution in [1.29, 1.82) is 0 Å². The van der Waals surface area contributed by atoms with Gasteiger partial charge in [-0.05, 0) is 88.4 Å². The number of phenolic OH excluding ortho intramolecular Hbond substituents is 1. The highest BCUT2D eigenvalue weighted by Gasteiger charge is 2.16. The maximum absolute atomic E-state index is 12.1. The van der Waals surface area contributed by atoms with Crippen LogP contribution in [-0.2, 0) is 9.53 Å². The molecule has 162 valence electrons. The molecule has 1 aliphatic rings. The van der Waals surface area contributed by atoms with Crippen molar-refractivity contribution in [3.8, 4) is 5.75 Å². The summed E-state index contributed by atoms with van der Waals surface area (Å²) in [7, 11) is 0. The topological polar surface area (TPSA) is 83.8 Å². The number of phenols is 1. The van der Waals surface area contributed by atoms with Crippen molar-refractivity contribution in [2.75, 3.05) is 18.9 Å². The Kier molecular flexibility index (Phi) is 8.06. The number of thioether (sulfide) groups is 1. The van der Waals surface area contributed by atoms with E-state index in [1.54, 1.807) is 17.6 Å². The number of halogens is 2. The maximum atomic E-state index is 12.1. The molecule has 4 rings (SSSR count). The molecule has 1 aliphatic heterocycles. The van der Waals surface area contributed by atoms with Crippen LogP contribution in [0.25, 0.3) is 10.2 Å². The van der Waals surface area contributed by atoms with Crippen LogP contribution in [0.15, 0.2) is 39.7 Å². The fraction of sp³-hybridized carbons (Fsp3) is 0.286. The average molecular weight is 679 g/mol. The van der Waals surface area contributed by atoms with Gasteiger partial charge < -0.3 is 15.2 Å². The SMILES string of the molecule is O=C(CSc1nc2ccc(N=Cc3cc(I)cc(I)c3O)cc2s1)NC[C@H]1CCCO1. The van der Waals surface area contributed by atoms with Gasteiger partial charge >= 0.3 is 0 Å². The number of hydrogen-bond acceptors (Lipinski definition) is 7. The van der Waals surface area contributed by atoms with Crippen molar-refractivity contribution in [1.82, 2.24) is 10.3 Å². The van der Waals surface area contributed by atoms with E-state index in [0.29, 0.717) is 17.9 Å². The van der Waals surface area contributed by atoms with Crippen LogP contribution in [0.5, 0.6) is 5.75 Å². The van der Waals surface area contributed by atoms with Crippen LogP contribution in [0.1, 0.15) is 18.4 Å². The monoisotopic (exact) mass is 679 g/mol. The summed E-state index contributed by atoms with van der Waals surface area (Å²) in [5.74, 6) is 0.569. The Morgan fingerprint density at radius 2 is 2.26 bits per heavy atom. The zero-order chi connectivity index (χ0) is 21.8. The summed E-state index contributed by atoms with van der Waals surface area (Å²) in [5, 5.41) is 13.2. The Hall–Kier alpha value is -0.960. The predicted octanol–water partition coefficient (Wildman–Crippen LogP) is 5.35. The first-order chi connectivity index (χ1) is 15.0. The highest BCUT2D eigenvalue weighted by Crippen LogP contribution is 2.32. The molecular weight excluding hydrogens is 660 g/mol. The van der Waals surface area contributed by atoms with Gasteiger partial charge in [0.1, 0.15) is 5.75 Å². The smallest absolute Gasteiger partial charge is 0.230 e. The number of ether oxygens (including phenoxy) is 1. The van der Waals surface area contributed by atoms with Gasteiger partial charge in [0.2, 0.25) is 5.91 Å². The summed E-state index contributed by atoms with van der Waals surface area (Å²) in [6, 6.07) is 9.61. The predicted molar refractivity (Wildman–Crippen MR) is 143 cm³/mol. The van der Waals surface area contributed by atoms with Crippen LogP contribution in [-0.4, -0.2) is 47.2 Å². The van der Waals surface area contributed by atoms with Crippen molar-refractivity contribution < 1.29 is 14.6 Å². The first kappa shape index (κ1) is 23.2. The van der Waals surface area contributed by atoms with Gasteiger partial charge in [0.25, 0.3) is 0 Å². The lowest BCUT2D eigenvalue weighted by molar-refractivity contribution is -0.119. The number of fused-ring (bicyclic) bond motifs is 1. The van der Waals surface area contributed by atoms with E-state index >= 15 is 0 Å². The van der Waals surface area contributed by atoms with Crippen molar-refractivity contribution in [2.45, 2.75) is 23.3 Å². The molecule has 2 heterocycles. The number of carbonyl (C=O) groups is 1. The van der Waals surface area contributed by atoms with Gasteiger partial charge in [-0.15, -0.1) is 11.3 Å². The zero-order valence-corrected chi connectivity index (χ0v) is 22.3. The Labute approximate surface area is 215 Å². The first-order valence-electron chi connectivity index (χ1n) is 9.62. The Morgan fingerprint density at radius 3 is 3.06 bits per heavy atom. The number of nitrogens with one attached hydrogen (secondary N) is 1. The number of nitrogens with zero attached hydrogens (tertiary/aromatic N) is 2. The minimum absolute atomic E-state index is 0.00280. The fourth-order valence-corrected chi connectivity index (χ4v) is 6.89. The molecule has 0 unspecified atom stereocenters. The molecule has 1 saturated heterocycles. The number of aromatic hydroxyl groups is 1. The van der Waals surface area contributed by atoms with Crippen molar-refractivity contribution >= 4 is 96.3 Å². The Morgan fingerprint density at radius 1 is 1.39 bits per heavy atom. The Bertz CT molecular complexity index is 1130. The molecule has 0 bridgehead atoms. The van der Waals surface area contributed by atoms with E-state index in [4.69, 9.17) is 4.74 Å². The van der Waals surface area contributed by atoms with Crippen LogP contribution in [0, 0.1) is 7.14 Å². The molecule has 0 radical (unpaired) electrons. The fourth-order valence-electron chi connectivity index (χ4n) is 3.07. The number of rotatable bonds is 7. The number of carbonyl (C=O) groups excluding carboxylic acids is 1. The molecule has 0 saturated carbocycles. The van der Waals surface area contributed by atoms with E-state index < -0.39 is 0 Å². The molecule has 31 heavy (non-hydrogen) atoms. The largest absolute Gasteiger partial charge is 0.506 e.